The molecular formula is C25H30BrN5O3S2. The Bertz CT molecular complexity index is 1330. The lowest BCUT2D eigenvalue weighted by atomic mass is 9.87. The zero-order valence-electron chi connectivity index (χ0n) is 20.2. The molecule has 1 aromatic carbocycles. The van der Waals surface area contributed by atoms with Gasteiger partial charge in [0.25, 0.3) is 0 Å². The molecule has 1 aliphatic carbocycles. The van der Waals surface area contributed by atoms with Gasteiger partial charge in [-0.25, -0.2) is 18.4 Å². The molecule has 1 amide bonds. The number of carbonyl (C=O) groups excluding carboxylic acids is 1. The molecule has 2 aromatic heterocycles. The number of likely N-dealkylation sites (N-methyl/N-ethyl adjacent to an activating group) is 1. The number of amides is 1. The second-order valence-corrected chi connectivity index (χ2v) is 13.4. The van der Waals surface area contributed by atoms with Crippen molar-refractivity contribution in [3.63, 3.8) is 0 Å². The maximum Gasteiger partial charge on any atom is 0.243 e. The first-order valence-electron chi connectivity index (χ1n) is 12.3. The van der Waals surface area contributed by atoms with Crippen LogP contribution >= 0.6 is 27.3 Å². The number of nitrogens with one attached hydrogen (secondary N) is 1. The molecule has 1 aliphatic heterocycles. The van der Waals surface area contributed by atoms with Gasteiger partial charge in [-0.2, -0.15) is 4.31 Å². The summed E-state index contributed by atoms with van der Waals surface area (Å²) in [5, 5.41) is 3.53. The molecule has 1 atom stereocenters. The zero-order valence-corrected chi connectivity index (χ0v) is 23.4. The van der Waals surface area contributed by atoms with Gasteiger partial charge in [-0.15, -0.1) is 0 Å². The standard InChI is InChI=1S/C25H30BrN5O3S2/c1-30-12-14-31(15-13-30)36(33,34)19-8-6-18(7-9-19)20(16-17-4-2-3-5-17)23(32)29-25-27-21-10-11-22(26)28-24(21)35-25/h6-11,17,20H,2-5,12-16H2,1H3,(H,27,29,32). The van der Waals surface area contributed by atoms with Crippen LogP contribution in [-0.4, -0.2) is 66.7 Å². The number of rotatable bonds is 7. The molecule has 3 aromatic rings. The number of nitrogens with zero attached hydrogens (tertiary/aromatic N) is 4. The molecular weight excluding hydrogens is 562 g/mol. The second kappa shape index (κ2) is 10.8. The summed E-state index contributed by atoms with van der Waals surface area (Å²) in [6, 6.07) is 10.6. The highest BCUT2D eigenvalue weighted by atomic mass is 79.9. The third-order valence-corrected chi connectivity index (χ3v) is 10.4. The van der Waals surface area contributed by atoms with Gasteiger partial charge in [0.1, 0.15) is 15.0 Å². The predicted octanol–water partition coefficient (Wildman–Crippen LogP) is 4.69. The van der Waals surface area contributed by atoms with E-state index in [4.69, 9.17) is 0 Å². The first kappa shape index (κ1) is 25.7. The van der Waals surface area contributed by atoms with Crippen LogP contribution in [0, 0.1) is 5.92 Å². The number of benzene rings is 1. The molecule has 1 saturated carbocycles. The first-order chi connectivity index (χ1) is 17.3. The minimum atomic E-state index is -3.55. The van der Waals surface area contributed by atoms with Gasteiger partial charge in [0, 0.05) is 26.2 Å². The van der Waals surface area contributed by atoms with E-state index in [0.717, 1.165) is 52.9 Å². The molecule has 1 saturated heterocycles. The molecule has 36 heavy (non-hydrogen) atoms. The number of hydrogen-bond donors (Lipinski definition) is 1. The molecule has 11 heteroatoms. The topological polar surface area (TPSA) is 95.5 Å². The van der Waals surface area contributed by atoms with Gasteiger partial charge in [0.2, 0.25) is 15.9 Å². The van der Waals surface area contributed by atoms with Crippen LogP contribution in [0.15, 0.2) is 45.9 Å². The van der Waals surface area contributed by atoms with Crippen LogP contribution < -0.4 is 5.32 Å². The molecule has 0 radical (unpaired) electrons. The number of aromatic nitrogens is 2. The van der Waals surface area contributed by atoms with Crippen LogP contribution in [0.1, 0.15) is 43.6 Å². The summed E-state index contributed by atoms with van der Waals surface area (Å²) >= 11 is 4.72. The van der Waals surface area contributed by atoms with Gasteiger partial charge in [0.15, 0.2) is 5.13 Å². The number of anilines is 1. The molecule has 3 heterocycles. The van der Waals surface area contributed by atoms with E-state index in [9.17, 15) is 13.2 Å². The fourth-order valence-corrected chi connectivity index (χ4v) is 7.75. The number of carbonyl (C=O) groups is 1. The van der Waals surface area contributed by atoms with Crippen molar-refractivity contribution in [2.24, 2.45) is 5.92 Å². The number of thiazole rings is 1. The van der Waals surface area contributed by atoms with Crippen LogP contribution in [0.5, 0.6) is 0 Å². The number of halogens is 1. The van der Waals surface area contributed by atoms with Crippen LogP contribution in [0.3, 0.4) is 0 Å². The van der Waals surface area contributed by atoms with Crippen molar-refractivity contribution >= 4 is 58.7 Å². The highest BCUT2D eigenvalue weighted by Gasteiger charge is 2.30. The normalized spacial score (nSPS) is 19.1. The van der Waals surface area contributed by atoms with Gasteiger partial charge >= 0.3 is 0 Å². The van der Waals surface area contributed by atoms with E-state index in [1.54, 1.807) is 28.6 Å². The SMILES string of the molecule is CN1CCN(S(=O)(=O)c2ccc(C(CC3CCCC3)C(=O)Nc3nc4ccc(Br)nc4s3)cc2)CC1. The Morgan fingerprint density at radius 1 is 1.08 bits per heavy atom. The summed E-state index contributed by atoms with van der Waals surface area (Å²) < 4.78 is 28.6. The Morgan fingerprint density at radius 3 is 2.47 bits per heavy atom. The Balaban J connectivity index is 1.37. The monoisotopic (exact) mass is 591 g/mol. The fourth-order valence-electron chi connectivity index (χ4n) is 5.06. The van der Waals surface area contributed by atoms with E-state index in [1.165, 1.54) is 24.2 Å². The van der Waals surface area contributed by atoms with Crippen molar-refractivity contribution in [2.45, 2.75) is 42.9 Å². The van der Waals surface area contributed by atoms with E-state index < -0.39 is 10.0 Å². The minimum absolute atomic E-state index is 0.116. The highest BCUT2D eigenvalue weighted by molar-refractivity contribution is 9.10. The molecule has 1 unspecified atom stereocenters. The Morgan fingerprint density at radius 2 is 1.78 bits per heavy atom. The largest absolute Gasteiger partial charge is 0.304 e. The lowest BCUT2D eigenvalue weighted by molar-refractivity contribution is -0.118. The molecule has 192 valence electrons. The molecule has 2 fully saturated rings. The molecule has 2 aliphatic rings. The van der Waals surface area contributed by atoms with Gasteiger partial charge < -0.3 is 10.2 Å². The van der Waals surface area contributed by atoms with Gasteiger partial charge in [-0.05, 0) is 65.1 Å². The van der Waals surface area contributed by atoms with Gasteiger partial charge in [-0.1, -0.05) is 49.2 Å². The summed E-state index contributed by atoms with van der Waals surface area (Å²) in [6.45, 7) is 2.42. The Hall–Kier alpha value is -1.92. The van der Waals surface area contributed by atoms with E-state index >= 15 is 0 Å². The third-order valence-electron chi connectivity index (χ3n) is 7.19. The summed E-state index contributed by atoms with van der Waals surface area (Å²) in [6.07, 6.45) is 5.38. The lowest BCUT2D eigenvalue weighted by Gasteiger charge is -2.31. The number of hydrogen-bond acceptors (Lipinski definition) is 7. The van der Waals surface area contributed by atoms with Gasteiger partial charge in [-0.3, -0.25) is 4.79 Å². The van der Waals surface area contributed by atoms with Crippen molar-refractivity contribution in [1.29, 1.82) is 0 Å². The quantitative estimate of drug-likeness (QED) is 0.400. The number of pyridine rings is 1. The van der Waals surface area contributed by atoms with Crippen molar-refractivity contribution in [3.05, 3.63) is 46.6 Å². The molecule has 0 bridgehead atoms. The van der Waals surface area contributed by atoms with Crippen molar-refractivity contribution in [1.82, 2.24) is 19.2 Å². The van der Waals surface area contributed by atoms with Crippen LogP contribution in [0.4, 0.5) is 5.13 Å². The molecule has 5 rings (SSSR count). The number of piperazine rings is 1. The van der Waals surface area contributed by atoms with E-state index in [-0.39, 0.29) is 16.7 Å². The predicted molar refractivity (Wildman–Crippen MR) is 146 cm³/mol. The van der Waals surface area contributed by atoms with E-state index in [0.29, 0.717) is 24.1 Å². The van der Waals surface area contributed by atoms with Crippen molar-refractivity contribution < 1.29 is 13.2 Å². The maximum atomic E-state index is 13.5. The zero-order chi connectivity index (χ0) is 25.3. The molecule has 1 N–H and O–H groups in total. The third kappa shape index (κ3) is 5.65. The molecule has 8 nitrogen and oxygen atoms in total. The summed E-state index contributed by atoms with van der Waals surface area (Å²) in [5.41, 5.74) is 1.57. The van der Waals surface area contributed by atoms with Gasteiger partial charge in [0.05, 0.1) is 10.8 Å². The lowest BCUT2D eigenvalue weighted by Crippen LogP contribution is -2.47. The number of fused-ring (bicyclic) bond motifs is 1. The molecule has 0 spiro atoms. The maximum absolute atomic E-state index is 13.5. The smallest absolute Gasteiger partial charge is 0.243 e. The first-order valence-corrected chi connectivity index (χ1v) is 15.4. The minimum Gasteiger partial charge on any atom is -0.304 e. The summed E-state index contributed by atoms with van der Waals surface area (Å²) in [5.74, 6) is -0.00242. The highest BCUT2D eigenvalue weighted by Crippen LogP contribution is 2.36. The average molecular weight is 593 g/mol. The van der Waals surface area contributed by atoms with Crippen molar-refractivity contribution in [3.8, 4) is 0 Å². The van der Waals surface area contributed by atoms with Crippen molar-refractivity contribution in [2.75, 3.05) is 38.5 Å². The summed E-state index contributed by atoms with van der Waals surface area (Å²) in [7, 11) is -1.55. The van der Waals surface area contributed by atoms with E-state index in [1.807, 2.05) is 19.2 Å². The van der Waals surface area contributed by atoms with Crippen LogP contribution in [0.25, 0.3) is 10.3 Å². The average Bonchev–Trinajstić information content (AvgIpc) is 3.52. The fraction of sp³-hybridized carbons (Fsp3) is 0.480. The number of sulfonamides is 1. The Labute approximate surface area is 224 Å². The Kier molecular flexibility index (Phi) is 7.73. The van der Waals surface area contributed by atoms with Crippen LogP contribution in [-0.2, 0) is 14.8 Å². The summed E-state index contributed by atoms with van der Waals surface area (Å²) in [4.78, 5) is 25.6. The van der Waals surface area contributed by atoms with Crippen LogP contribution in [0.2, 0.25) is 0 Å². The second-order valence-electron chi connectivity index (χ2n) is 9.68. The van der Waals surface area contributed by atoms with E-state index in [2.05, 4.69) is 36.1 Å².